The van der Waals surface area contributed by atoms with Crippen molar-refractivity contribution in [2.75, 3.05) is 0 Å². The Morgan fingerprint density at radius 3 is 2.69 bits per heavy atom. The van der Waals surface area contributed by atoms with Gasteiger partial charge in [0.05, 0.1) is 27.7 Å². The lowest BCUT2D eigenvalue weighted by Gasteiger charge is -2.18. The molecule has 0 saturated carbocycles. The van der Waals surface area contributed by atoms with E-state index >= 15 is 0 Å². The largest absolute Gasteiger partial charge is 0.320 e. The van der Waals surface area contributed by atoms with Crippen molar-refractivity contribution in [3.05, 3.63) is 73.3 Å². The third-order valence-corrected chi connectivity index (χ3v) is 4.59. The third-order valence-electron chi connectivity index (χ3n) is 4.59. The minimum absolute atomic E-state index is 0.0187. The highest BCUT2D eigenvalue weighted by Crippen LogP contribution is 2.35. The van der Waals surface area contributed by atoms with Crippen molar-refractivity contribution in [3.8, 4) is 23.0 Å². The summed E-state index contributed by atoms with van der Waals surface area (Å²) in [6.07, 6.45) is 1.36. The molecular formula is C18H13N5O3. The van der Waals surface area contributed by atoms with Gasteiger partial charge in [0.2, 0.25) is 0 Å². The molecule has 0 spiro atoms. The van der Waals surface area contributed by atoms with Gasteiger partial charge in [-0.25, -0.2) is 4.68 Å². The number of nitro groups is 1. The van der Waals surface area contributed by atoms with Crippen molar-refractivity contribution in [1.29, 1.82) is 5.26 Å². The van der Waals surface area contributed by atoms with Gasteiger partial charge in [-0.3, -0.25) is 14.9 Å². The number of hydrogen-bond acceptors (Lipinski definition) is 5. The molecule has 0 bridgehead atoms. The van der Waals surface area contributed by atoms with Gasteiger partial charge in [-0.2, -0.15) is 10.4 Å². The maximum absolute atomic E-state index is 12.1. The summed E-state index contributed by atoms with van der Waals surface area (Å²) in [5.74, 6) is 0. The lowest BCUT2D eigenvalue weighted by atomic mass is 9.91. The number of nitrogens with one attached hydrogen (secondary N) is 1. The Bertz CT molecular complexity index is 1150. The second-order valence-electron chi connectivity index (χ2n) is 6.12. The normalized spacial score (nSPS) is 12.2. The molecule has 0 radical (unpaired) electrons. The van der Waals surface area contributed by atoms with E-state index in [4.69, 9.17) is 5.26 Å². The molecule has 1 N–H and O–H groups in total. The number of aromatic nitrogens is 3. The molecule has 8 nitrogen and oxygen atoms in total. The highest BCUT2D eigenvalue weighted by Gasteiger charge is 2.26. The van der Waals surface area contributed by atoms with Gasteiger partial charge >= 0.3 is 0 Å². The number of nitrogens with zero attached hydrogens (tertiary/aromatic N) is 4. The highest BCUT2D eigenvalue weighted by molar-refractivity contribution is 5.72. The van der Waals surface area contributed by atoms with Crippen LogP contribution < -0.4 is 5.56 Å². The Morgan fingerprint density at radius 2 is 2.04 bits per heavy atom. The molecule has 128 valence electrons. The molecule has 0 saturated heterocycles. The number of nitro benzene ring substituents is 1. The van der Waals surface area contributed by atoms with Gasteiger partial charge < -0.3 is 4.98 Å². The van der Waals surface area contributed by atoms with Crippen LogP contribution in [-0.4, -0.2) is 19.7 Å². The van der Waals surface area contributed by atoms with Crippen LogP contribution in [0.3, 0.4) is 0 Å². The minimum atomic E-state index is -0.443. The first-order valence-electron chi connectivity index (χ1n) is 7.99. The molecule has 3 aromatic rings. The first-order chi connectivity index (χ1) is 12.5. The van der Waals surface area contributed by atoms with Crippen LogP contribution in [0.15, 0.2) is 35.1 Å². The van der Waals surface area contributed by atoms with Crippen LogP contribution in [0.4, 0.5) is 5.69 Å². The number of H-pyrrole nitrogens is 1. The molecule has 4 rings (SSSR count). The molecule has 2 aromatic heterocycles. The van der Waals surface area contributed by atoms with Gasteiger partial charge in [0.15, 0.2) is 0 Å². The first-order valence-corrected chi connectivity index (χ1v) is 7.99. The minimum Gasteiger partial charge on any atom is -0.320 e. The Hall–Kier alpha value is -3.73. The summed E-state index contributed by atoms with van der Waals surface area (Å²) in [4.78, 5) is 25.3. The van der Waals surface area contributed by atoms with E-state index in [1.165, 1.54) is 12.1 Å². The zero-order valence-corrected chi connectivity index (χ0v) is 13.8. The summed E-state index contributed by atoms with van der Waals surface area (Å²) < 4.78 is 1.76. The Labute approximate surface area is 147 Å². The van der Waals surface area contributed by atoms with E-state index in [0.29, 0.717) is 18.5 Å². The average molecular weight is 347 g/mol. The summed E-state index contributed by atoms with van der Waals surface area (Å²) in [5.41, 5.74) is 4.58. The fourth-order valence-electron chi connectivity index (χ4n) is 3.39. The van der Waals surface area contributed by atoms with E-state index in [9.17, 15) is 14.9 Å². The molecule has 0 fully saturated rings. The first kappa shape index (κ1) is 15.8. The van der Waals surface area contributed by atoms with E-state index in [0.717, 1.165) is 28.2 Å². The number of fused-ring (bicyclic) bond motifs is 3. The average Bonchev–Trinajstić information content (AvgIpc) is 2.98. The number of aromatic amines is 1. The van der Waals surface area contributed by atoms with E-state index in [1.54, 1.807) is 22.9 Å². The number of benzene rings is 1. The van der Waals surface area contributed by atoms with Crippen molar-refractivity contribution >= 4 is 5.69 Å². The standard InChI is InChI=1S/C18H13N5O3/c1-10-16-15(7-2-11-8-12(9-19)18(24)20-17(11)16)22(21-10)13-3-5-14(6-4-13)23(25)26/h3-6,8H,2,7H2,1H3,(H,20,24). The zero-order chi connectivity index (χ0) is 18.4. The lowest BCUT2D eigenvalue weighted by molar-refractivity contribution is -0.384. The van der Waals surface area contributed by atoms with Gasteiger partial charge in [-0.05, 0) is 43.5 Å². The van der Waals surface area contributed by atoms with Crippen LogP contribution in [0.25, 0.3) is 16.9 Å². The maximum Gasteiger partial charge on any atom is 0.269 e. The molecular weight excluding hydrogens is 334 g/mol. The van der Waals surface area contributed by atoms with Crippen molar-refractivity contribution in [1.82, 2.24) is 14.8 Å². The van der Waals surface area contributed by atoms with Crippen molar-refractivity contribution in [2.45, 2.75) is 19.8 Å². The van der Waals surface area contributed by atoms with Crippen molar-refractivity contribution < 1.29 is 4.92 Å². The Balaban J connectivity index is 1.88. The molecule has 26 heavy (non-hydrogen) atoms. The molecule has 0 amide bonds. The van der Waals surface area contributed by atoms with Gasteiger partial charge in [-0.15, -0.1) is 0 Å². The second-order valence-corrected chi connectivity index (χ2v) is 6.12. The van der Waals surface area contributed by atoms with Gasteiger partial charge in [-0.1, -0.05) is 0 Å². The summed E-state index contributed by atoms with van der Waals surface area (Å²) in [6.45, 7) is 1.85. The number of hydrogen-bond donors (Lipinski definition) is 1. The van der Waals surface area contributed by atoms with Crippen LogP contribution in [0, 0.1) is 28.4 Å². The topological polar surface area (TPSA) is 118 Å². The van der Waals surface area contributed by atoms with Crippen molar-refractivity contribution in [2.24, 2.45) is 0 Å². The fraction of sp³-hybridized carbons (Fsp3) is 0.167. The SMILES string of the molecule is Cc1nn(-c2ccc([N+](=O)[O-])cc2)c2c1-c1[nH]c(=O)c(C#N)cc1CC2. The molecule has 0 unspecified atom stereocenters. The molecule has 1 aliphatic carbocycles. The Morgan fingerprint density at radius 1 is 1.31 bits per heavy atom. The third kappa shape index (κ3) is 2.29. The molecule has 0 atom stereocenters. The highest BCUT2D eigenvalue weighted by atomic mass is 16.6. The monoisotopic (exact) mass is 347 g/mol. The number of non-ortho nitro benzene ring substituents is 1. The summed E-state index contributed by atoms with van der Waals surface area (Å²) in [6, 6.07) is 9.74. The predicted octanol–water partition coefficient (Wildman–Crippen LogP) is 2.41. The molecule has 2 heterocycles. The van der Waals surface area contributed by atoms with E-state index < -0.39 is 10.5 Å². The number of aryl methyl sites for hydroxylation is 2. The fourth-order valence-corrected chi connectivity index (χ4v) is 3.39. The molecule has 8 heteroatoms. The zero-order valence-electron chi connectivity index (χ0n) is 13.8. The van der Waals surface area contributed by atoms with Crippen LogP contribution in [-0.2, 0) is 12.8 Å². The van der Waals surface area contributed by atoms with Gasteiger partial charge in [0, 0.05) is 17.7 Å². The number of nitriles is 1. The second kappa shape index (κ2) is 5.67. The maximum atomic E-state index is 12.1. The van der Waals surface area contributed by atoms with Crippen LogP contribution in [0.5, 0.6) is 0 Å². The predicted molar refractivity (Wildman–Crippen MR) is 93.1 cm³/mol. The number of rotatable bonds is 2. The lowest BCUT2D eigenvalue weighted by Crippen LogP contribution is -2.17. The van der Waals surface area contributed by atoms with E-state index in [1.807, 2.05) is 13.0 Å². The van der Waals surface area contributed by atoms with Crippen LogP contribution in [0.2, 0.25) is 0 Å². The summed E-state index contributed by atoms with van der Waals surface area (Å²) in [7, 11) is 0. The summed E-state index contributed by atoms with van der Waals surface area (Å²) >= 11 is 0. The molecule has 1 aliphatic rings. The quantitative estimate of drug-likeness (QED) is 0.564. The van der Waals surface area contributed by atoms with Crippen molar-refractivity contribution in [3.63, 3.8) is 0 Å². The van der Waals surface area contributed by atoms with Crippen LogP contribution in [0.1, 0.15) is 22.5 Å². The van der Waals surface area contributed by atoms with E-state index in [2.05, 4.69) is 10.1 Å². The van der Waals surface area contributed by atoms with Gasteiger partial charge in [0.1, 0.15) is 11.6 Å². The van der Waals surface area contributed by atoms with E-state index in [-0.39, 0.29) is 11.3 Å². The van der Waals surface area contributed by atoms with Crippen LogP contribution >= 0.6 is 0 Å². The smallest absolute Gasteiger partial charge is 0.269 e. The summed E-state index contributed by atoms with van der Waals surface area (Å²) in [5, 5.41) is 24.5. The van der Waals surface area contributed by atoms with Gasteiger partial charge in [0.25, 0.3) is 11.2 Å². The Kier molecular flexibility index (Phi) is 3.44. The molecule has 0 aliphatic heterocycles. The number of pyridine rings is 1. The molecule has 1 aromatic carbocycles.